The van der Waals surface area contributed by atoms with Crippen LogP contribution in [0.1, 0.15) is 34.0 Å². The zero-order valence-corrected chi connectivity index (χ0v) is 13.0. The maximum atomic E-state index is 12.9. The molecular weight excluding hydrogens is 303 g/mol. The van der Waals surface area contributed by atoms with Crippen LogP contribution in [0.2, 0.25) is 0 Å². The molecular formula is C18H18F3NO. The highest BCUT2D eigenvalue weighted by Crippen LogP contribution is 2.30. The van der Waals surface area contributed by atoms with E-state index in [2.05, 4.69) is 0 Å². The van der Waals surface area contributed by atoms with Gasteiger partial charge in [-0.15, -0.1) is 0 Å². The third-order valence-corrected chi connectivity index (χ3v) is 3.73. The van der Waals surface area contributed by atoms with E-state index in [1.807, 2.05) is 13.0 Å². The van der Waals surface area contributed by atoms with Crippen molar-refractivity contribution in [3.8, 4) is 0 Å². The number of aryl methyl sites for hydroxylation is 1. The number of carbonyl (C=O) groups excluding carboxylic acids is 1. The number of alkyl halides is 3. The van der Waals surface area contributed by atoms with Crippen LogP contribution in [0.3, 0.4) is 0 Å². The van der Waals surface area contributed by atoms with E-state index in [4.69, 9.17) is 0 Å². The standard InChI is InChI=1S/C18H18F3NO/c1-3-22(17(23)14-7-5-4-6-8-14)12-15-11-16(18(19,20)21)10-9-13(15)2/h4-11H,3,12H2,1-2H3. The monoisotopic (exact) mass is 321 g/mol. The highest BCUT2D eigenvalue weighted by Gasteiger charge is 2.31. The van der Waals surface area contributed by atoms with E-state index >= 15 is 0 Å². The molecule has 0 aliphatic heterocycles. The van der Waals surface area contributed by atoms with Crippen LogP contribution in [0.5, 0.6) is 0 Å². The Morgan fingerprint density at radius 2 is 1.74 bits per heavy atom. The van der Waals surface area contributed by atoms with Gasteiger partial charge in [0.1, 0.15) is 0 Å². The summed E-state index contributed by atoms with van der Waals surface area (Å²) in [7, 11) is 0. The fraction of sp³-hybridized carbons (Fsp3) is 0.278. The summed E-state index contributed by atoms with van der Waals surface area (Å²) >= 11 is 0. The van der Waals surface area contributed by atoms with Crippen molar-refractivity contribution in [2.24, 2.45) is 0 Å². The van der Waals surface area contributed by atoms with Crippen molar-refractivity contribution in [2.45, 2.75) is 26.6 Å². The second-order valence-corrected chi connectivity index (χ2v) is 5.32. The Hall–Kier alpha value is -2.30. The molecule has 2 rings (SSSR count). The van der Waals surface area contributed by atoms with E-state index in [0.29, 0.717) is 17.7 Å². The van der Waals surface area contributed by atoms with Crippen LogP contribution in [0, 0.1) is 6.92 Å². The van der Waals surface area contributed by atoms with E-state index in [1.165, 1.54) is 11.0 Å². The average molecular weight is 321 g/mol. The fourth-order valence-corrected chi connectivity index (χ4v) is 2.31. The highest BCUT2D eigenvalue weighted by atomic mass is 19.4. The van der Waals surface area contributed by atoms with Crippen LogP contribution in [-0.2, 0) is 12.7 Å². The van der Waals surface area contributed by atoms with Crippen molar-refractivity contribution in [2.75, 3.05) is 6.54 Å². The van der Waals surface area contributed by atoms with E-state index in [0.717, 1.165) is 17.7 Å². The van der Waals surface area contributed by atoms with Gasteiger partial charge in [-0.1, -0.05) is 24.3 Å². The van der Waals surface area contributed by atoms with Crippen molar-refractivity contribution in [3.05, 3.63) is 70.8 Å². The molecule has 0 radical (unpaired) electrons. The molecule has 0 bridgehead atoms. The molecule has 2 aromatic carbocycles. The minimum absolute atomic E-state index is 0.153. The van der Waals surface area contributed by atoms with Crippen LogP contribution in [0.15, 0.2) is 48.5 Å². The van der Waals surface area contributed by atoms with Crippen LogP contribution in [0.4, 0.5) is 13.2 Å². The van der Waals surface area contributed by atoms with Gasteiger partial charge in [0.15, 0.2) is 0 Å². The summed E-state index contributed by atoms with van der Waals surface area (Å²) in [6.07, 6.45) is -4.39. The van der Waals surface area contributed by atoms with Crippen LogP contribution in [-0.4, -0.2) is 17.4 Å². The van der Waals surface area contributed by atoms with Gasteiger partial charge in [-0.2, -0.15) is 13.2 Å². The molecule has 0 aromatic heterocycles. The van der Waals surface area contributed by atoms with Gasteiger partial charge in [-0.25, -0.2) is 0 Å². The first-order valence-corrected chi connectivity index (χ1v) is 7.34. The van der Waals surface area contributed by atoms with Crippen molar-refractivity contribution >= 4 is 5.91 Å². The van der Waals surface area contributed by atoms with Crippen LogP contribution >= 0.6 is 0 Å². The third-order valence-electron chi connectivity index (χ3n) is 3.73. The minimum atomic E-state index is -4.39. The summed E-state index contributed by atoms with van der Waals surface area (Å²) in [6, 6.07) is 12.4. The average Bonchev–Trinajstić information content (AvgIpc) is 2.53. The Morgan fingerprint density at radius 3 is 2.30 bits per heavy atom. The predicted octanol–water partition coefficient (Wildman–Crippen LogP) is 4.68. The first kappa shape index (κ1) is 17.1. The van der Waals surface area contributed by atoms with E-state index in [-0.39, 0.29) is 12.5 Å². The Kier molecular flexibility index (Phi) is 5.08. The Morgan fingerprint density at radius 1 is 1.09 bits per heavy atom. The number of nitrogens with zero attached hydrogens (tertiary/aromatic N) is 1. The molecule has 0 spiro atoms. The lowest BCUT2D eigenvalue weighted by Crippen LogP contribution is -2.30. The molecule has 2 nitrogen and oxygen atoms in total. The van der Waals surface area contributed by atoms with Gasteiger partial charge in [-0.05, 0) is 49.2 Å². The molecule has 0 N–H and O–H groups in total. The molecule has 5 heteroatoms. The van der Waals surface area contributed by atoms with Gasteiger partial charge in [0.05, 0.1) is 5.56 Å². The molecule has 0 aliphatic carbocycles. The Balaban J connectivity index is 2.27. The molecule has 0 unspecified atom stereocenters. The van der Waals surface area contributed by atoms with E-state index in [9.17, 15) is 18.0 Å². The molecule has 0 fully saturated rings. The first-order chi connectivity index (χ1) is 10.8. The van der Waals surface area contributed by atoms with Crippen LogP contribution < -0.4 is 0 Å². The summed E-state index contributed by atoms with van der Waals surface area (Å²) < 4.78 is 38.6. The lowest BCUT2D eigenvalue weighted by Gasteiger charge is -2.23. The Bertz CT molecular complexity index is 680. The maximum absolute atomic E-state index is 12.9. The number of benzene rings is 2. The molecule has 1 amide bonds. The molecule has 0 heterocycles. The van der Waals surface area contributed by atoms with E-state index in [1.54, 1.807) is 31.2 Å². The van der Waals surface area contributed by atoms with Gasteiger partial charge >= 0.3 is 6.18 Å². The summed E-state index contributed by atoms with van der Waals surface area (Å²) in [4.78, 5) is 14.0. The number of amides is 1. The summed E-state index contributed by atoms with van der Waals surface area (Å²) in [5, 5.41) is 0. The first-order valence-electron chi connectivity index (χ1n) is 7.34. The molecule has 122 valence electrons. The highest BCUT2D eigenvalue weighted by molar-refractivity contribution is 5.94. The van der Waals surface area contributed by atoms with Crippen LogP contribution in [0.25, 0.3) is 0 Å². The maximum Gasteiger partial charge on any atom is 0.416 e. The van der Waals surface area contributed by atoms with Crippen molar-refractivity contribution in [1.82, 2.24) is 4.90 Å². The minimum Gasteiger partial charge on any atom is -0.335 e. The topological polar surface area (TPSA) is 20.3 Å². The number of hydrogen-bond donors (Lipinski definition) is 0. The smallest absolute Gasteiger partial charge is 0.335 e. The quantitative estimate of drug-likeness (QED) is 0.801. The van der Waals surface area contributed by atoms with Gasteiger partial charge in [-0.3, -0.25) is 4.79 Å². The molecule has 0 aliphatic rings. The third kappa shape index (κ3) is 4.12. The number of carbonyl (C=O) groups is 1. The van der Waals surface area contributed by atoms with E-state index < -0.39 is 11.7 Å². The second-order valence-electron chi connectivity index (χ2n) is 5.32. The second kappa shape index (κ2) is 6.86. The lowest BCUT2D eigenvalue weighted by atomic mass is 10.0. The number of halogens is 3. The predicted molar refractivity (Wildman–Crippen MR) is 83.0 cm³/mol. The Labute approximate surface area is 133 Å². The normalized spacial score (nSPS) is 11.3. The molecule has 0 saturated heterocycles. The zero-order valence-electron chi connectivity index (χ0n) is 13.0. The van der Waals surface area contributed by atoms with Crippen molar-refractivity contribution < 1.29 is 18.0 Å². The summed E-state index contributed by atoms with van der Waals surface area (Å²) in [5.74, 6) is -0.190. The molecule has 0 atom stereocenters. The number of rotatable bonds is 4. The van der Waals surface area contributed by atoms with Gasteiger partial charge in [0.2, 0.25) is 0 Å². The van der Waals surface area contributed by atoms with Gasteiger partial charge < -0.3 is 4.90 Å². The van der Waals surface area contributed by atoms with Gasteiger partial charge in [0, 0.05) is 18.7 Å². The SMILES string of the molecule is CCN(Cc1cc(C(F)(F)F)ccc1C)C(=O)c1ccccc1. The fourth-order valence-electron chi connectivity index (χ4n) is 2.31. The largest absolute Gasteiger partial charge is 0.416 e. The molecule has 0 saturated carbocycles. The molecule has 23 heavy (non-hydrogen) atoms. The number of hydrogen-bond acceptors (Lipinski definition) is 1. The van der Waals surface area contributed by atoms with Crippen molar-refractivity contribution in [3.63, 3.8) is 0 Å². The van der Waals surface area contributed by atoms with Gasteiger partial charge in [0.25, 0.3) is 5.91 Å². The zero-order chi connectivity index (χ0) is 17.0. The molecule has 2 aromatic rings. The summed E-state index contributed by atoms with van der Waals surface area (Å²) in [5.41, 5.74) is 1.07. The lowest BCUT2D eigenvalue weighted by molar-refractivity contribution is -0.137. The van der Waals surface area contributed by atoms with Crippen molar-refractivity contribution in [1.29, 1.82) is 0 Å². The summed E-state index contributed by atoms with van der Waals surface area (Å²) in [6.45, 7) is 4.13.